The van der Waals surface area contributed by atoms with Crippen molar-refractivity contribution in [2.45, 2.75) is 328 Å². The Balaban J connectivity index is 3.47. The summed E-state index contributed by atoms with van der Waals surface area (Å²) in [5, 5.41) is 9.71. The van der Waals surface area contributed by atoms with Gasteiger partial charge in [0.05, 0.1) is 6.61 Å². The third kappa shape index (κ3) is 68.5. The second-order valence-corrected chi connectivity index (χ2v) is 22.8. The molecule has 0 saturated carbocycles. The van der Waals surface area contributed by atoms with Crippen LogP contribution >= 0.6 is 0 Å². The van der Waals surface area contributed by atoms with E-state index in [1.807, 2.05) is 0 Å². The summed E-state index contributed by atoms with van der Waals surface area (Å²) in [5.74, 6) is -0.587. The summed E-state index contributed by atoms with van der Waals surface area (Å²) in [4.78, 5) is 24.7. The van der Waals surface area contributed by atoms with Gasteiger partial charge in [0.1, 0.15) is 6.61 Å². The van der Waals surface area contributed by atoms with Crippen molar-refractivity contribution in [3.63, 3.8) is 0 Å². The summed E-state index contributed by atoms with van der Waals surface area (Å²) < 4.78 is 10.8. The Morgan fingerprint density at radius 1 is 0.280 bits per heavy atom. The quantitative estimate of drug-likeness (QED) is 0.0373. The molecule has 1 N–H and O–H groups in total. The average molecular weight is 1140 g/mol. The maximum Gasteiger partial charge on any atom is 0.306 e. The molecule has 0 amide bonds. The van der Waals surface area contributed by atoms with Crippen LogP contribution in [0.5, 0.6) is 0 Å². The summed E-state index contributed by atoms with van der Waals surface area (Å²) >= 11 is 0. The number of carbonyl (C=O) groups excluding carboxylic acids is 2. The molecule has 1 atom stereocenters. The smallest absolute Gasteiger partial charge is 0.306 e. The molecule has 0 aliphatic heterocycles. The molecule has 468 valence electrons. The minimum absolute atomic E-state index is 0.0697. The minimum Gasteiger partial charge on any atom is -0.462 e. The Morgan fingerprint density at radius 3 is 0.732 bits per heavy atom. The van der Waals surface area contributed by atoms with Crippen LogP contribution in [0.4, 0.5) is 0 Å². The number of unbranched alkanes of at least 4 members (excludes halogenated alkanes) is 33. The van der Waals surface area contributed by atoms with E-state index in [1.54, 1.807) is 0 Å². The summed E-state index contributed by atoms with van der Waals surface area (Å²) in [6.07, 6.45) is 106. The van der Waals surface area contributed by atoms with Crippen molar-refractivity contribution in [3.05, 3.63) is 134 Å². The molecule has 0 aromatic rings. The Labute approximate surface area is 508 Å². The van der Waals surface area contributed by atoms with Gasteiger partial charge in [-0.1, -0.05) is 334 Å². The molecule has 0 radical (unpaired) electrons. The molecule has 0 rings (SSSR count). The first-order valence-electron chi connectivity index (χ1n) is 34.7. The van der Waals surface area contributed by atoms with Gasteiger partial charge in [0.15, 0.2) is 6.10 Å². The number of aliphatic hydroxyl groups excluding tert-OH is 1. The first-order valence-corrected chi connectivity index (χ1v) is 34.7. The van der Waals surface area contributed by atoms with E-state index in [0.29, 0.717) is 12.8 Å². The van der Waals surface area contributed by atoms with E-state index in [1.165, 1.54) is 186 Å². The molecule has 5 heteroatoms. The second kappa shape index (κ2) is 71.3. The fourth-order valence-corrected chi connectivity index (χ4v) is 9.82. The monoisotopic (exact) mass is 1130 g/mol. The summed E-state index contributed by atoms with van der Waals surface area (Å²) in [6, 6.07) is 0. The zero-order valence-corrected chi connectivity index (χ0v) is 53.7. The average Bonchev–Trinajstić information content (AvgIpc) is 3.49. The Bertz CT molecular complexity index is 1670. The number of allylic oxidation sites excluding steroid dienone is 22. The van der Waals surface area contributed by atoms with Crippen LogP contribution in [-0.2, 0) is 19.1 Å². The molecule has 0 saturated heterocycles. The van der Waals surface area contributed by atoms with Crippen molar-refractivity contribution in [3.8, 4) is 0 Å². The molecule has 0 bridgehead atoms. The molecule has 0 heterocycles. The number of aliphatic hydroxyl groups is 1. The van der Waals surface area contributed by atoms with E-state index < -0.39 is 6.10 Å². The molecule has 0 aliphatic carbocycles. The maximum absolute atomic E-state index is 12.4. The van der Waals surface area contributed by atoms with Gasteiger partial charge in [-0.15, -0.1) is 0 Å². The standard InChI is InChI=1S/C77H130O5/c1-3-5-7-9-11-13-15-17-19-21-23-25-27-29-31-33-35-37-38-40-41-43-45-47-49-51-53-55-57-59-61-63-65-67-69-71-76(79)81-74-75(73-78)82-77(80)72-70-68-66-64-62-60-58-56-54-52-50-48-46-44-42-39-36-34-32-30-28-26-24-22-20-18-16-14-12-10-8-6-4-2/h5-8,11-14,17-20,23-26,30,32,36,39,44,46,75,78H,3-4,9-10,15-16,21-22,27-29,31,33-35,37-38,40-43,45,47-74H2,1-2H3/b7-5-,8-6-,13-11-,14-12-,19-17-,20-18-,25-23-,26-24-,32-30-,39-36-,46-44-. The van der Waals surface area contributed by atoms with Crippen molar-refractivity contribution in [2.24, 2.45) is 0 Å². The van der Waals surface area contributed by atoms with Crippen LogP contribution < -0.4 is 0 Å². The molecule has 0 aliphatic rings. The van der Waals surface area contributed by atoms with Gasteiger partial charge >= 0.3 is 11.9 Å². The third-order valence-electron chi connectivity index (χ3n) is 14.9. The first-order chi connectivity index (χ1) is 40.6. The predicted molar refractivity (Wildman–Crippen MR) is 361 cm³/mol. The lowest BCUT2D eigenvalue weighted by Gasteiger charge is -2.15. The van der Waals surface area contributed by atoms with Crippen molar-refractivity contribution >= 4 is 11.9 Å². The molecular weight excluding hydrogens is 1000 g/mol. The predicted octanol–water partition coefficient (Wildman–Crippen LogP) is 24.3. The highest BCUT2D eigenvalue weighted by atomic mass is 16.6. The van der Waals surface area contributed by atoms with Crippen LogP contribution in [-0.4, -0.2) is 36.4 Å². The number of ether oxygens (including phenoxy) is 2. The molecule has 5 nitrogen and oxygen atoms in total. The number of rotatable bonds is 63. The van der Waals surface area contributed by atoms with Gasteiger partial charge in [-0.2, -0.15) is 0 Å². The highest BCUT2D eigenvalue weighted by Crippen LogP contribution is 2.17. The minimum atomic E-state index is -0.781. The number of hydrogen-bond donors (Lipinski definition) is 1. The SMILES string of the molecule is CC/C=C\C/C=C\C/C=C\C/C=C\C/C=C\C/C=C\C/C=C\CCCCCCCCCCCCCC(=O)OC(CO)COC(=O)CCCCCCCCCCCCCCCCCCCCCCCC/C=C\C/C=C\C/C=C\C/C=C\CC. The summed E-state index contributed by atoms with van der Waals surface area (Å²) in [7, 11) is 0. The van der Waals surface area contributed by atoms with Gasteiger partial charge in [0, 0.05) is 12.8 Å². The topological polar surface area (TPSA) is 72.8 Å². The van der Waals surface area contributed by atoms with Crippen LogP contribution in [0.3, 0.4) is 0 Å². The Hall–Kier alpha value is -3.96. The van der Waals surface area contributed by atoms with E-state index in [4.69, 9.17) is 9.47 Å². The zero-order chi connectivity index (χ0) is 59.1. The van der Waals surface area contributed by atoms with E-state index in [0.717, 1.165) is 109 Å². The van der Waals surface area contributed by atoms with Crippen molar-refractivity contribution < 1.29 is 24.2 Å². The van der Waals surface area contributed by atoms with E-state index >= 15 is 0 Å². The van der Waals surface area contributed by atoms with E-state index in [2.05, 4.69) is 148 Å². The van der Waals surface area contributed by atoms with Crippen LogP contribution in [0, 0.1) is 0 Å². The molecule has 0 fully saturated rings. The molecule has 0 aromatic carbocycles. The maximum atomic E-state index is 12.4. The van der Waals surface area contributed by atoms with Gasteiger partial charge in [0.2, 0.25) is 0 Å². The second-order valence-electron chi connectivity index (χ2n) is 22.8. The largest absolute Gasteiger partial charge is 0.462 e. The highest BCUT2D eigenvalue weighted by molar-refractivity contribution is 5.70. The van der Waals surface area contributed by atoms with Gasteiger partial charge in [-0.25, -0.2) is 0 Å². The van der Waals surface area contributed by atoms with Crippen LogP contribution in [0.1, 0.15) is 322 Å². The van der Waals surface area contributed by atoms with Crippen molar-refractivity contribution in [1.29, 1.82) is 0 Å². The summed E-state index contributed by atoms with van der Waals surface area (Å²) in [6.45, 7) is 3.94. The first kappa shape index (κ1) is 78.0. The van der Waals surface area contributed by atoms with E-state index in [9.17, 15) is 14.7 Å². The van der Waals surface area contributed by atoms with Gasteiger partial charge < -0.3 is 14.6 Å². The van der Waals surface area contributed by atoms with Crippen LogP contribution in [0.25, 0.3) is 0 Å². The van der Waals surface area contributed by atoms with Crippen molar-refractivity contribution in [1.82, 2.24) is 0 Å². The lowest BCUT2D eigenvalue weighted by molar-refractivity contribution is -0.161. The number of esters is 2. The lowest BCUT2D eigenvalue weighted by Crippen LogP contribution is -2.28. The fourth-order valence-electron chi connectivity index (χ4n) is 9.82. The normalized spacial score (nSPS) is 13.1. The number of hydrogen-bond acceptors (Lipinski definition) is 5. The van der Waals surface area contributed by atoms with Gasteiger partial charge in [-0.05, 0) is 109 Å². The number of carbonyl (C=O) groups is 2. The van der Waals surface area contributed by atoms with Crippen LogP contribution in [0.15, 0.2) is 134 Å². The fraction of sp³-hybridized carbons (Fsp3) is 0.688. The van der Waals surface area contributed by atoms with Gasteiger partial charge in [-0.3, -0.25) is 9.59 Å². The molecule has 0 aromatic heterocycles. The molecule has 1 unspecified atom stereocenters. The Morgan fingerprint density at radius 2 is 0.488 bits per heavy atom. The molecule has 82 heavy (non-hydrogen) atoms. The zero-order valence-electron chi connectivity index (χ0n) is 53.7. The van der Waals surface area contributed by atoms with Crippen LogP contribution in [0.2, 0.25) is 0 Å². The molecular formula is C77H130O5. The highest BCUT2D eigenvalue weighted by Gasteiger charge is 2.16. The molecule has 0 spiro atoms. The third-order valence-corrected chi connectivity index (χ3v) is 14.9. The van der Waals surface area contributed by atoms with Gasteiger partial charge in [0.25, 0.3) is 0 Å². The Kier molecular flexibility index (Phi) is 67.9. The summed E-state index contributed by atoms with van der Waals surface area (Å²) in [5.41, 5.74) is 0. The van der Waals surface area contributed by atoms with Crippen molar-refractivity contribution in [2.75, 3.05) is 13.2 Å². The lowest BCUT2D eigenvalue weighted by atomic mass is 10.0. The van der Waals surface area contributed by atoms with E-state index in [-0.39, 0.29) is 25.2 Å².